The highest BCUT2D eigenvalue weighted by Gasteiger charge is 2.45. The molecule has 3 heterocycles. The number of anilines is 1. The summed E-state index contributed by atoms with van der Waals surface area (Å²) >= 11 is 0. The lowest BCUT2D eigenvalue weighted by Crippen LogP contribution is -2.45. The van der Waals surface area contributed by atoms with Gasteiger partial charge >= 0.3 is 6.01 Å². The first kappa shape index (κ1) is 18.4. The van der Waals surface area contributed by atoms with Gasteiger partial charge in [-0.15, -0.1) is 5.10 Å². The largest absolute Gasteiger partial charge is 0.402 e. The molecule has 0 bridgehead atoms. The number of nitrogens with one attached hydrogen (secondary N) is 2. The number of carbonyl (C=O) groups is 1. The molecule has 2 N–H and O–H groups in total. The number of carbonyl (C=O) groups excluding carboxylic acids is 1. The molecule has 2 saturated carbocycles. The summed E-state index contributed by atoms with van der Waals surface area (Å²) in [4.78, 5) is 29.8. The van der Waals surface area contributed by atoms with Gasteiger partial charge in [-0.1, -0.05) is 17.6 Å². The molecule has 3 aliphatic rings. The number of hydrogen-bond acceptors (Lipinski definition) is 6. The third-order valence-electron chi connectivity index (χ3n) is 6.94. The van der Waals surface area contributed by atoms with Crippen molar-refractivity contribution in [2.45, 2.75) is 63.8 Å². The van der Waals surface area contributed by atoms with E-state index in [2.05, 4.69) is 20.5 Å². The van der Waals surface area contributed by atoms with Gasteiger partial charge in [0.25, 0.3) is 11.4 Å². The van der Waals surface area contributed by atoms with Crippen LogP contribution in [0.2, 0.25) is 0 Å². The van der Waals surface area contributed by atoms with Gasteiger partial charge in [0, 0.05) is 18.7 Å². The summed E-state index contributed by atoms with van der Waals surface area (Å²) in [5.74, 6) is 0.653. The molecule has 2 aromatic rings. The molecule has 29 heavy (non-hydrogen) atoms. The zero-order chi connectivity index (χ0) is 20.0. The Kier molecular flexibility index (Phi) is 4.44. The Morgan fingerprint density at radius 2 is 2.00 bits per heavy atom. The van der Waals surface area contributed by atoms with Gasteiger partial charge in [-0.05, 0) is 62.8 Å². The number of likely N-dealkylation sites (tertiary alicyclic amines) is 1. The number of H-pyrrole nitrogens is 1. The molecule has 0 unspecified atom stereocenters. The van der Waals surface area contributed by atoms with Crippen LogP contribution in [0, 0.1) is 5.41 Å². The fourth-order valence-corrected chi connectivity index (χ4v) is 4.44. The Labute approximate surface area is 169 Å². The Morgan fingerprint density at radius 3 is 2.62 bits per heavy atom. The van der Waals surface area contributed by atoms with Gasteiger partial charge < -0.3 is 19.6 Å². The van der Waals surface area contributed by atoms with Crippen LogP contribution in [0.1, 0.15) is 63.4 Å². The third-order valence-corrected chi connectivity index (χ3v) is 6.94. The van der Waals surface area contributed by atoms with E-state index in [1.807, 2.05) is 24.0 Å². The number of nitrogens with zero attached hydrogens (tertiary/aromatic N) is 3. The van der Waals surface area contributed by atoms with Gasteiger partial charge in [-0.3, -0.25) is 9.59 Å². The summed E-state index contributed by atoms with van der Waals surface area (Å²) in [6.07, 6.45) is 8.18. The minimum absolute atomic E-state index is 0.0542. The summed E-state index contributed by atoms with van der Waals surface area (Å²) in [6, 6.07) is 3.39. The second-order valence-electron chi connectivity index (χ2n) is 8.89. The second-order valence-corrected chi connectivity index (χ2v) is 8.89. The first-order chi connectivity index (χ1) is 14.0. The molecule has 3 fully saturated rings. The van der Waals surface area contributed by atoms with Crippen LogP contribution in [0.4, 0.5) is 6.01 Å². The lowest BCUT2D eigenvalue weighted by molar-refractivity contribution is -0.133. The van der Waals surface area contributed by atoms with Crippen LogP contribution < -0.4 is 10.9 Å². The summed E-state index contributed by atoms with van der Waals surface area (Å²) in [6.45, 7) is 3.46. The SMILES string of the molecule is C[C@@H](Nc1nnc(-c2ccc(C3CCC3)c(=O)[nH]2)o1)C(=O)N1CCC2(CC1)CC2. The minimum Gasteiger partial charge on any atom is -0.402 e. The molecule has 8 nitrogen and oxygen atoms in total. The molecule has 1 amide bonds. The van der Waals surface area contributed by atoms with Gasteiger partial charge in [-0.25, -0.2) is 0 Å². The van der Waals surface area contributed by atoms with E-state index >= 15 is 0 Å². The Bertz CT molecular complexity index is 963. The lowest BCUT2D eigenvalue weighted by Gasteiger charge is -2.33. The fourth-order valence-electron chi connectivity index (χ4n) is 4.44. The van der Waals surface area contributed by atoms with Crippen LogP contribution in [-0.4, -0.2) is 45.1 Å². The van der Waals surface area contributed by atoms with Crippen LogP contribution in [0.25, 0.3) is 11.6 Å². The Hall–Kier alpha value is -2.64. The first-order valence-electron chi connectivity index (χ1n) is 10.7. The zero-order valence-corrected chi connectivity index (χ0v) is 16.7. The van der Waals surface area contributed by atoms with E-state index in [0.29, 0.717) is 17.0 Å². The van der Waals surface area contributed by atoms with Crippen molar-refractivity contribution < 1.29 is 9.21 Å². The molecule has 0 aromatic carbocycles. The average molecular weight is 397 g/mol. The predicted octanol–water partition coefficient (Wildman–Crippen LogP) is 2.90. The molecule has 1 aliphatic heterocycles. The van der Waals surface area contributed by atoms with Crippen molar-refractivity contribution in [1.82, 2.24) is 20.1 Å². The molecule has 5 rings (SSSR count). The smallest absolute Gasteiger partial charge is 0.316 e. The third kappa shape index (κ3) is 3.56. The molecule has 8 heteroatoms. The second kappa shape index (κ2) is 7.00. The maximum atomic E-state index is 12.7. The Balaban J connectivity index is 1.22. The normalized spacial score (nSPS) is 21.6. The van der Waals surface area contributed by atoms with Crippen molar-refractivity contribution in [2.24, 2.45) is 5.41 Å². The number of hydrogen-bond donors (Lipinski definition) is 2. The molecule has 1 atom stereocenters. The van der Waals surface area contributed by atoms with Crippen LogP contribution in [0.15, 0.2) is 21.3 Å². The van der Waals surface area contributed by atoms with E-state index in [-0.39, 0.29) is 23.4 Å². The van der Waals surface area contributed by atoms with Gasteiger partial charge in [-0.2, -0.15) is 0 Å². The van der Waals surface area contributed by atoms with E-state index in [4.69, 9.17) is 4.42 Å². The number of aromatic nitrogens is 3. The molecular weight excluding hydrogens is 370 g/mol. The van der Waals surface area contributed by atoms with Crippen molar-refractivity contribution in [1.29, 1.82) is 0 Å². The zero-order valence-electron chi connectivity index (χ0n) is 16.7. The highest BCUT2D eigenvalue weighted by molar-refractivity contribution is 5.83. The minimum atomic E-state index is -0.448. The topological polar surface area (TPSA) is 104 Å². The number of rotatable bonds is 5. The summed E-state index contributed by atoms with van der Waals surface area (Å²) in [5.41, 5.74) is 1.76. The standard InChI is InChI=1S/C21H27N5O3/c1-13(19(28)26-11-9-21(7-8-21)10-12-26)22-20-25-24-18(29-20)16-6-5-15(17(27)23-16)14-3-2-4-14/h5-6,13-14H,2-4,7-12H2,1H3,(H,22,25)(H,23,27)/t13-/m1/s1. The number of aromatic amines is 1. The maximum Gasteiger partial charge on any atom is 0.316 e. The fraction of sp³-hybridized carbons (Fsp3) is 0.619. The summed E-state index contributed by atoms with van der Waals surface area (Å²) in [7, 11) is 0. The van der Waals surface area contributed by atoms with Crippen molar-refractivity contribution in [2.75, 3.05) is 18.4 Å². The predicted molar refractivity (Wildman–Crippen MR) is 108 cm³/mol. The molecule has 2 aromatic heterocycles. The average Bonchev–Trinajstić information content (AvgIpc) is 3.26. The van der Waals surface area contributed by atoms with Crippen LogP contribution in [0.5, 0.6) is 0 Å². The number of amides is 1. The van der Waals surface area contributed by atoms with Gasteiger partial charge in [0.2, 0.25) is 5.91 Å². The van der Waals surface area contributed by atoms with Crippen molar-refractivity contribution in [3.05, 3.63) is 28.0 Å². The molecular formula is C21H27N5O3. The number of piperidine rings is 1. The number of pyridine rings is 1. The molecule has 1 saturated heterocycles. The Morgan fingerprint density at radius 1 is 1.24 bits per heavy atom. The van der Waals surface area contributed by atoms with Crippen LogP contribution in [0.3, 0.4) is 0 Å². The molecule has 1 spiro atoms. The highest BCUT2D eigenvalue weighted by atomic mass is 16.4. The van der Waals surface area contributed by atoms with Crippen LogP contribution in [-0.2, 0) is 4.79 Å². The maximum absolute atomic E-state index is 12.7. The highest BCUT2D eigenvalue weighted by Crippen LogP contribution is 2.53. The molecule has 0 radical (unpaired) electrons. The monoisotopic (exact) mass is 397 g/mol. The van der Waals surface area contributed by atoms with Crippen LogP contribution >= 0.6 is 0 Å². The quantitative estimate of drug-likeness (QED) is 0.804. The van der Waals surface area contributed by atoms with Crippen molar-refractivity contribution >= 4 is 11.9 Å². The summed E-state index contributed by atoms with van der Waals surface area (Å²) in [5, 5.41) is 11.0. The van der Waals surface area contributed by atoms with Crippen molar-refractivity contribution in [3.8, 4) is 11.6 Å². The molecule has 154 valence electrons. The van der Waals surface area contributed by atoms with Gasteiger partial charge in [0.05, 0.1) is 0 Å². The van der Waals surface area contributed by atoms with E-state index < -0.39 is 6.04 Å². The van der Waals surface area contributed by atoms with E-state index in [9.17, 15) is 9.59 Å². The van der Waals surface area contributed by atoms with Gasteiger partial charge in [0.1, 0.15) is 11.7 Å². The molecule has 2 aliphatic carbocycles. The van der Waals surface area contributed by atoms with E-state index in [1.54, 1.807) is 0 Å². The van der Waals surface area contributed by atoms with E-state index in [1.165, 1.54) is 19.3 Å². The summed E-state index contributed by atoms with van der Waals surface area (Å²) < 4.78 is 5.64. The lowest BCUT2D eigenvalue weighted by atomic mass is 9.80. The van der Waals surface area contributed by atoms with Gasteiger partial charge in [0.15, 0.2) is 0 Å². The van der Waals surface area contributed by atoms with E-state index in [0.717, 1.165) is 44.3 Å². The first-order valence-corrected chi connectivity index (χ1v) is 10.7. The van der Waals surface area contributed by atoms with Crippen molar-refractivity contribution in [3.63, 3.8) is 0 Å².